The minimum atomic E-state index is -0.252. The minimum Gasteiger partial charge on any atom is -0.393 e. The number of rotatable bonds is 5. The molecule has 2 rings (SSSR count). The summed E-state index contributed by atoms with van der Waals surface area (Å²) in [5, 5.41) is 12.5. The van der Waals surface area contributed by atoms with Crippen LogP contribution in [0.15, 0.2) is 24.3 Å². The first kappa shape index (κ1) is 15.9. The molecule has 0 bridgehead atoms. The minimum absolute atomic E-state index is 0.00797. The maximum Gasteiger partial charge on any atom is 0.238 e. The Labute approximate surface area is 126 Å². The molecule has 1 amide bonds. The van der Waals surface area contributed by atoms with Crippen molar-refractivity contribution in [1.29, 1.82) is 0 Å². The summed E-state index contributed by atoms with van der Waals surface area (Å²) in [5.74, 6) is 0.355. The topological polar surface area (TPSA) is 78.6 Å². The molecule has 5 heteroatoms. The van der Waals surface area contributed by atoms with Gasteiger partial charge in [0, 0.05) is 12.2 Å². The summed E-state index contributed by atoms with van der Waals surface area (Å²) in [5.41, 5.74) is 7.41. The van der Waals surface area contributed by atoms with E-state index in [1.807, 2.05) is 31.2 Å². The van der Waals surface area contributed by atoms with E-state index in [4.69, 9.17) is 5.73 Å². The molecule has 1 aliphatic heterocycles. The third-order valence-electron chi connectivity index (χ3n) is 4.19. The van der Waals surface area contributed by atoms with E-state index < -0.39 is 0 Å². The van der Waals surface area contributed by atoms with Crippen molar-refractivity contribution in [3.8, 4) is 0 Å². The Morgan fingerprint density at radius 1 is 1.43 bits per heavy atom. The summed E-state index contributed by atoms with van der Waals surface area (Å²) < 4.78 is 0. The van der Waals surface area contributed by atoms with Crippen LogP contribution in [0.4, 0.5) is 5.69 Å². The number of aliphatic hydroxyl groups excluding tert-OH is 1. The van der Waals surface area contributed by atoms with E-state index in [1.54, 1.807) is 0 Å². The number of hydrogen-bond donors (Lipinski definition) is 3. The molecule has 1 aromatic rings. The number of aliphatic hydroxyl groups is 1. The maximum absolute atomic E-state index is 12.1. The smallest absolute Gasteiger partial charge is 0.238 e. The van der Waals surface area contributed by atoms with Gasteiger partial charge in [0.1, 0.15) is 0 Å². The molecular weight excluding hydrogens is 266 g/mol. The molecule has 1 unspecified atom stereocenters. The summed E-state index contributed by atoms with van der Waals surface area (Å²) >= 11 is 0. The summed E-state index contributed by atoms with van der Waals surface area (Å²) in [6.07, 6.45) is 1.65. The molecule has 1 aromatic carbocycles. The van der Waals surface area contributed by atoms with Gasteiger partial charge in [-0.15, -0.1) is 0 Å². The van der Waals surface area contributed by atoms with Gasteiger partial charge in [-0.25, -0.2) is 0 Å². The predicted molar refractivity (Wildman–Crippen MR) is 83.8 cm³/mol. The van der Waals surface area contributed by atoms with E-state index in [2.05, 4.69) is 10.2 Å². The number of carbonyl (C=O) groups excluding carboxylic acids is 1. The summed E-state index contributed by atoms with van der Waals surface area (Å²) in [7, 11) is 0. The molecule has 0 aliphatic carbocycles. The molecular formula is C16H25N3O2. The highest BCUT2D eigenvalue weighted by Gasteiger charge is 2.23. The van der Waals surface area contributed by atoms with Crippen LogP contribution in [0.2, 0.25) is 0 Å². The van der Waals surface area contributed by atoms with Crippen molar-refractivity contribution in [2.24, 2.45) is 11.7 Å². The van der Waals surface area contributed by atoms with Gasteiger partial charge in [-0.1, -0.05) is 18.2 Å². The summed E-state index contributed by atoms with van der Waals surface area (Å²) in [6.45, 7) is 4.38. The Morgan fingerprint density at radius 2 is 2.10 bits per heavy atom. The first-order valence-electron chi connectivity index (χ1n) is 7.58. The van der Waals surface area contributed by atoms with Crippen molar-refractivity contribution in [3.63, 3.8) is 0 Å². The number of benzene rings is 1. The molecule has 1 heterocycles. The van der Waals surface area contributed by atoms with Crippen LogP contribution in [0, 0.1) is 5.92 Å². The molecule has 0 aromatic heterocycles. The van der Waals surface area contributed by atoms with Crippen molar-refractivity contribution in [3.05, 3.63) is 29.8 Å². The second kappa shape index (κ2) is 7.54. The molecule has 1 aliphatic rings. The average Bonchev–Trinajstić information content (AvgIpc) is 2.48. The highest BCUT2D eigenvalue weighted by Crippen LogP contribution is 2.20. The molecule has 1 saturated heterocycles. The van der Waals surface area contributed by atoms with Gasteiger partial charge in [0.15, 0.2) is 0 Å². The number of amides is 1. The molecule has 5 nitrogen and oxygen atoms in total. The van der Waals surface area contributed by atoms with Crippen LogP contribution in [-0.4, -0.2) is 41.7 Å². The molecule has 0 saturated carbocycles. The number of likely N-dealkylation sites (tertiary alicyclic amines) is 1. The highest BCUT2D eigenvalue weighted by atomic mass is 16.3. The van der Waals surface area contributed by atoms with Crippen LogP contribution in [0.25, 0.3) is 0 Å². The average molecular weight is 291 g/mol. The fourth-order valence-electron chi connectivity index (χ4n) is 2.81. The van der Waals surface area contributed by atoms with Crippen molar-refractivity contribution in [1.82, 2.24) is 4.90 Å². The van der Waals surface area contributed by atoms with Gasteiger partial charge < -0.3 is 16.2 Å². The van der Waals surface area contributed by atoms with Crippen LogP contribution in [0.3, 0.4) is 0 Å². The molecule has 116 valence electrons. The third-order valence-corrected chi connectivity index (χ3v) is 4.19. The van der Waals surface area contributed by atoms with E-state index in [-0.39, 0.29) is 12.0 Å². The standard InChI is InChI=1S/C16H25N3O2/c1-12(20)13-6-8-19(9-7-13)11-16(21)18-15-5-3-2-4-14(15)10-17/h2-5,12-13,20H,6-11,17H2,1H3,(H,18,21). The maximum atomic E-state index is 12.1. The predicted octanol–water partition coefficient (Wildman–Crippen LogP) is 1.18. The molecule has 21 heavy (non-hydrogen) atoms. The number of anilines is 1. The largest absolute Gasteiger partial charge is 0.393 e. The molecule has 0 radical (unpaired) electrons. The van der Waals surface area contributed by atoms with E-state index in [1.165, 1.54) is 0 Å². The number of nitrogens with two attached hydrogens (primary N) is 1. The fraction of sp³-hybridized carbons (Fsp3) is 0.562. The lowest BCUT2D eigenvalue weighted by atomic mass is 9.92. The van der Waals surface area contributed by atoms with Gasteiger partial charge in [0.25, 0.3) is 0 Å². The monoisotopic (exact) mass is 291 g/mol. The first-order chi connectivity index (χ1) is 10.1. The van der Waals surface area contributed by atoms with Gasteiger partial charge in [0.05, 0.1) is 12.6 Å². The summed E-state index contributed by atoms with van der Waals surface area (Å²) in [4.78, 5) is 14.3. The molecule has 1 fully saturated rings. The zero-order valence-electron chi connectivity index (χ0n) is 12.6. The van der Waals surface area contributed by atoms with Gasteiger partial charge in [0.2, 0.25) is 5.91 Å². The Hall–Kier alpha value is -1.43. The Kier molecular flexibility index (Phi) is 5.73. The van der Waals surface area contributed by atoms with Crippen LogP contribution >= 0.6 is 0 Å². The van der Waals surface area contributed by atoms with Crippen molar-refractivity contribution >= 4 is 11.6 Å². The number of para-hydroxylation sites is 1. The Balaban J connectivity index is 1.83. The second-order valence-corrected chi connectivity index (χ2v) is 5.76. The SMILES string of the molecule is CC(O)C1CCN(CC(=O)Nc2ccccc2CN)CC1. The van der Waals surface area contributed by atoms with Gasteiger partial charge >= 0.3 is 0 Å². The number of hydrogen-bond acceptors (Lipinski definition) is 4. The lowest BCUT2D eigenvalue weighted by molar-refractivity contribution is -0.117. The molecule has 0 spiro atoms. The quantitative estimate of drug-likeness (QED) is 0.761. The zero-order valence-corrected chi connectivity index (χ0v) is 12.6. The van der Waals surface area contributed by atoms with Crippen molar-refractivity contribution in [2.45, 2.75) is 32.4 Å². The van der Waals surface area contributed by atoms with E-state index >= 15 is 0 Å². The van der Waals surface area contributed by atoms with Crippen LogP contribution in [0.1, 0.15) is 25.3 Å². The van der Waals surface area contributed by atoms with Crippen molar-refractivity contribution < 1.29 is 9.90 Å². The number of carbonyl (C=O) groups is 1. The normalized spacial score (nSPS) is 18.4. The first-order valence-corrected chi connectivity index (χ1v) is 7.58. The second-order valence-electron chi connectivity index (χ2n) is 5.76. The lowest BCUT2D eigenvalue weighted by Gasteiger charge is -2.32. The molecule has 1 atom stereocenters. The molecule has 4 N–H and O–H groups in total. The van der Waals surface area contributed by atoms with Crippen molar-refractivity contribution in [2.75, 3.05) is 25.0 Å². The highest BCUT2D eigenvalue weighted by molar-refractivity contribution is 5.93. The Morgan fingerprint density at radius 3 is 2.71 bits per heavy atom. The third kappa shape index (κ3) is 4.52. The Bertz CT molecular complexity index is 468. The van der Waals surface area contributed by atoms with Gasteiger partial charge in [-0.3, -0.25) is 9.69 Å². The lowest BCUT2D eigenvalue weighted by Crippen LogP contribution is -2.41. The van der Waals surface area contributed by atoms with E-state index in [0.717, 1.165) is 37.2 Å². The number of piperidine rings is 1. The van der Waals surface area contributed by atoms with Crippen LogP contribution < -0.4 is 11.1 Å². The number of nitrogens with zero attached hydrogens (tertiary/aromatic N) is 1. The van der Waals surface area contributed by atoms with E-state index in [9.17, 15) is 9.90 Å². The fourth-order valence-corrected chi connectivity index (χ4v) is 2.81. The van der Waals surface area contributed by atoms with E-state index in [0.29, 0.717) is 19.0 Å². The van der Waals surface area contributed by atoms with Gasteiger partial charge in [-0.2, -0.15) is 0 Å². The number of nitrogens with one attached hydrogen (secondary N) is 1. The van der Waals surface area contributed by atoms with Gasteiger partial charge in [-0.05, 0) is 50.4 Å². The van der Waals surface area contributed by atoms with Crippen LogP contribution in [-0.2, 0) is 11.3 Å². The van der Waals surface area contributed by atoms with Crippen LogP contribution in [0.5, 0.6) is 0 Å². The summed E-state index contributed by atoms with van der Waals surface area (Å²) in [6, 6.07) is 7.60. The zero-order chi connectivity index (χ0) is 15.2.